The Bertz CT molecular complexity index is 2050. The quantitative estimate of drug-likeness (QED) is 0.0793. The van der Waals surface area contributed by atoms with E-state index in [0.29, 0.717) is 23.6 Å². The van der Waals surface area contributed by atoms with Crippen molar-refractivity contribution in [3.8, 4) is 6.01 Å². The number of hydrogen-bond donors (Lipinski definition) is 6. The molecule has 0 unspecified atom stereocenters. The van der Waals surface area contributed by atoms with Crippen LogP contribution < -0.4 is 36.6 Å². The lowest BCUT2D eigenvalue weighted by molar-refractivity contribution is -0.154. The zero-order chi connectivity index (χ0) is 39.8. The smallest absolute Gasteiger partial charge is 0.422 e. The van der Waals surface area contributed by atoms with E-state index >= 15 is 0 Å². The number of anilines is 5. The summed E-state index contributed by atoms with van der Waals surface area (Å²) in [5, 5.41) is 16.0. The molecule has 0 radical (unpaired) electrons. The third-order valence-corrected chi connectivity index (χ3v) is 7.92. The Morgan fingerprint density at radius 1 is 0.873 bits per heavy atom. The fraction of sp³-hybridized carbons (Fsp3) is 0.265. The van der Waals surface area contributed by atoms with Crippen molar-refractivity contribution < 1.29 is 46.6 Å². The largest absolute Gasteiger partial charge is 0.467 e. The van der Waals surface area contributed by atoms with Gasteiger partial charge in [0, 0.05) is 29.7 Å². The van der Waals surface area contributed by atoms with E-state index in [-0.39, 0.29) is 34.9 Å². The third kappa shape index (κ3) is 11.5. The van der Waals surface area contributed by atoms with Crippen molar-refractivity contribution in [1.82, 2.24) is 30.6 Å². The van der Waals surface area contributed by atoms with Crippen molar-refractivity contribution in [2.45, 2.75) is 37.5 Å². The highest BCUT2D eigenvalue weighted by Gasteiger charge is 2.45. The van der Waals surface area contributed by atoms with E-state index in [1.807, 2.05) is 12.1 Å². The van der Waals surface area contributed by atoms with Gasteiger partial charge in [-0.2, -0.15) is 28.1 Å². The van der Waals surface area contributed by atoms with Crippen molar-refractivity contribution in [2.75, 3.05) is 41.5 Å². The summed E-state index contributed by atoms with van der Waals surface area (Å²) in [5.41, 5.74) is 0.828. The second-order valence-electron chi connectivity index (χ2n) is 11.9. The van der Waals surface area contributed by atoms with E-state index in [2.05, 4.69) is 51.8 Å². The van der Waals surface area contributed by atoms with Gasteiger partial charge in [-0.25, -0.2) is 9.78 Å². The molecule has 4 amide bonds. The van der Waals surface area contributed by atoms with E-state index in [0.717, 1.165) is 12.7 Å². The van der Waals surface area contributed by atoms with E-state index in [9.17, 15) is 37.1 Å². The number of alkyl halides is 3. The van der Waals surface area contributed by atoms with Crippen LogP contribution in [0.5, 0.6) is 6.01 Å². The van der Waals surface area contributed by atoms with Crippen LogP contribution in [-0.2, 0) is 29.5 Å². The number of amides is 4. The van der Waals surface area contributed by atoms with Crippen LogP contribution in [0.15, 0.2) is 66.9 Å². The zero-order valence-electron chi connectivity index (χ0n) is 28.9. The Balaban J connectivity index is 1.21. The topological polar surface area (TPSA) is 228 Å². The van der Waals surface area contributed by atoms with Crippen molar-refractivity contribution in [2.24, 2.45) is 0 Å². The number of carbonyl (C=O) groups excluding carboxylic acids is 5. The number of hydrogen-bond acceptors (Lipinski definition) is 13. The zero-order valence-corrected chi connectivity index (χ0v) is 29.7. The van der Waals surface area contributed by atoms with Crippen LogP contribution in [0, 0.1) is 0 Å². The minimum Gasteiger partial charge on any atom is -0.467 e. The molecule has 288 valence electrons. The first-order valence-corrected chi connectivity index (χ1v) is 16.6. The van der Waals surface area contributed by atoms with Gasteiger partial charge in [0.15, 0.2) is 6.61 Å². The number of aromatic nitrogens is 4. The fourth-order valence-electron chi connectivity index (χ4n) is 4.87. The second-order valence-corrected chi connectivity index (χ2v) is 12.3. The van der Waals surface area contributed by atoms with Crippen LogP contribution in [0.1, 0.15) is 35.7 Å². The van der Waals surface area contributed by atoms with Crippen LogP contribution in [0.2, 0.25) is 5.02 Å². The van der Waals surface area contributed by atoms with Crippen LogP contribution >= 0.6 is 11.6 Å². The molecule has 0 spiro atoms. The molecule has 55 heavy (non-hydrogen) atoms. The molecule has 1 aliphatic rings. The summed E-state index contributed by atoms with van der Waals surface area (Å²) in [6.45, 7) is -0.859. The van der Waals surface area contributed by atoms with Crippen molar-refractivity contribution in [3.05, 3.63) is 83.0 Å². The van der Waals surface area contributed by atoms with Crippen LogP contribution in [0.4, 0.5) is 42.3 Å². The normalized spacial score (nSPS) is 13.3. The Labute approximate surface area is 315 Å². The minimum absolute atomic E-state index is 0.0501. The Hall–Kier alpha value is -6.57. The molecule has 6 N–H and O–H groups in total. The number of halogens is 4. The van der Waals surface area contributed by atoms with Gasteiger partial charge < -0.3 is 41.4 Å². The lowest BCUT2D eigenvalue weighted by Crippen LogP contribution is -2.50. The molecule has 2 heterocycles. The van der Waals surface area contributed by atoms with Crippen molar-refractivity contribution in [1.29, 1.82) is 0 Å². The number of pyridine rings is 1. The van der Waals surface area contributed by atoms with Gasteiger partial charge in [-0.15, -0.1) is 0 Å². The summed E-state index contributed by atoms with van der Waals surface area (Å²) in [5.74, 6) is -4.24. The van der Waals surface area contributed by atoms with Gasteiger partial charge in [0.1, 0.15) is 11.9 Å². The Kier molecular flexibility index (Phi) is 12.3. The molecule has 1 saturated carbocycles. The summed E-state index contributed by atoms with van der Waals surface area (Å²) >= 11 is 6.02. The van der Waals surface area contributed by atoms with Gasteiger partial charge in [-0.3, -0.25) is 19.2 Å². The number of carbonyl (C=O) groups is 5. The molecule has 2 aromatic heterocycles. The van der Waals surface area contributed by atoms with Gasteiger partial charge >= 0.3 is 30.0 Å². The molecular formula is C34H32ClF3N10O7. The number of esters is 1. The lowest BCUT2D eigenvalue weighted by Gasteiger charge is -2.19. The number of nitrogens with one attached hydrogen (secondary N) is 6. The van der Waals surface area contributed by atoms with Gasteiger partial charge in [-0.05, 0) is 66.9 Å². The summed E-state index contributed by atoms with van der Waals surface area (Å²) in [7, 11) is 1.07. The van der Waals surface area contributed by atoms with E-state index in [1.54, 1.807) is 12.1 Å². The molecule has 21 heteroatoms. The van der Waals surface area contributed by atoms with Gasteiger partial charge in [0.2, 0.25) is 17.8 Å². The van der Waals surface area contributed by atoms with Gasteiger partial charge in [0.25, 0.3) is 5.91 Å². The maximum absolute atomic E-state index is 13.1. The summed E-state index contributed by atoms with van der Waals surface area (Å²) in [4.78, 5) is 77.6. The summed E-state index contributed by atoms with van der Waals surface area (Å²) in [6, 6.07) is 13.5. The first kappa shape index (κ1) is 39.6. The first-order valence-electron chi connectivity index (χ1n) is 16.2. The highest BCUT2D eigenvalue weighted by Crippen LogP contribution is 2.48. The predicted octanol–water partition coefficient (Wildman–Crippen LogP) is 3.69. The molecule has 0 saturated heterocycles. The molecule has 4 aromatic rings. The Morgan fingerprint density at radius 3 is 2.15 bits per heavy atom. The summed E-state index contributed by atoms with van der Waals surface area (Å²) in [6.07, 6.45) is -2.05. The van der Waals surface area contributed by atoms with E-state index < -0.39 is 60.6 Å². The third-order valence-electron chi connectivity index (χ3n) is 7.67. The van der Waals surface area contributed by atoms with E-state index in [4.69, 9.17) is 21.1 Å². The van der Waals surface area contributed by atoms with Crippen molar-refractivity contribution >= 4 is 70.3 Å². The van der Waals surface area contributed by atoms with Crippen LogP contribution in [0.25, 0.3) is 0 Å². The molecule has 5 rings (SSSR count). The molecule has 0 bridgehead atoms. The van der Waals surface area contributed by atoms with Crippen LogP contribution in [0.3, 0.4) is 0 Å². The molecule has 0 aliphatic heterocycles. The molecule has 1 atom stereocenters. The number of ether oxygens (including phenoxy) is 2. The molecular weight excluding hydrogens is 753 g/mol. The second kappa shape index (κ2) is 17.1. The highest BCUT2D eigenvalue weighted by atomic mass is 35.5. The van der Waals surface area contributed by atoms with E-state index in [1.165, 1.54) is 49.5 Å². The lowest BCUT2D eigenvalue weighted by atomic mass is 10.1. The first-order chi connectivity index (χ1) is 26.1. The predicted molar refractivity (Wildman–Crippen MR) is 191 cm³/mol. The molecule has 2 aromatic carbocycles. The van der Waals surface area contributed by atoms with Gasteiger partial charge in [-0.1, -0.05) is 23.7 Å². The minimum atomic E-state index is -4.65. The monoisotopic (exact) mass is 784 g/mol. The number of methoxy groups -OCH3 is 1. The number of rotatable bonds is 14. The maximum Gasteiger partial charge on any atom is 0.422 e. The molecule has 1 aliphatic carbocycles. The fourth-order valence-corrected chi connectivity index (χ4v) is 5.00. The summed E-state index contributed by atoms with van der Waals surface area (Å²) < 4.78 is 48.4. The SMILES string of the molecule is COC(=O)[C@H](CNC(=O)C(=O)Nc1ccc(NC(C)=O)nc1)NC(=O)c1ccc(Nc2nc(NC3(c4ccc(Cl)cc4)CC3)nc(OCC(F)(F)F)n2)cc1. The number of nitrogens with zero attached hydrogens (tertiary/aromatic N) is 4. The molecule has 17 nitrogen and oxygen atoms in total. The van der Waals surface area contributed by atoms with Crippen molar-refractivity contribution in [3.63, 3.8) is 0 Å². The number of benzene rings is 2. The van der Waals surface area contributed by atoms with Crippen LogP contribution in [-0.4, -0.2) is 82.0 Å². The maximum atomic E-state index is 13.1. The molecule has 1 fully saturated rings. The Morgan fingerprint density at radius 2 is 1.55 bits per heavy atom. The van der Waals surface area contributed by atoms with Gasteiger partial charge in [0.05, 0.1) is 24.5 Å². The average molecular weight is 785 g/mol. The highest BCUT2D eigenvalue weighted by molar-refractivity contribution is 6.39. The average Bonchev–Trinajstić information content (AvgIpc) is 3.92. The standard InChI is InChI=1S/C34H32ClF3N10O7/c1-18(49)41-25-12-11-23(15-39-25)42-28(52)27(51)40-16-24(29(53)54-2)44-26(50)19-3-9-22(10-4-19)43-30-45-31(47-32(46-30)55-17-34(36,37)38)48-33(13-14-33)20-5-7-21(35)8-6-20/h3-12,15,24H,13-14,16-17H2,1-2H3,(H,40,51)(H,42,52)(H,44,50)(H,39,41,49)(H2,43,45,46,47,48)/t24-/m0/s1.